The van der Waals surface area contributed by atoms with Crippen molar-refractivity contribution in [1.29, 1.82) is 0 Å². The quantitative estimate of drug-likeness (QED) is 0.0221. The summed E-state index contributed by atoms with van der Waals surface area (Å²) in [5.74, 6) is -5.64. The number of phosphoric ester groups is 2. The number of aliphatic hydroxyl groups excluding tert-OH is 6. The van der Waals surface area contributed by atoms with Gasteiger partial charge in [0.25, 0.3) is 0 Å². The van der Waals surface area contributed by atoms with Crippen molar-refractivity contribution in [3.8, 4) is 0 Å². The molecule has 396 valence electrons. The molecule has 1 heterocycles. The van der Waals surface area contributed by atoms with Crippen molar-refractivity contribution in [1.82, 2.24) is 0 Å². The largest absolute Gasteiger partial charge is 0.472 e. The van der Waals surface area contributed by atoms with Gasteiger partial charge in [0.1, 0.15) is 36.8 Å². The molecule has 9 N–H and O–H groups in total. The Balaban J connectivity index is 2.34. The number of hydrogen-bond donors (Lipinski definition) is 9. The Bertz CT molecular complexity index is 1570. The van der Waals surface area contributed by atoms with Crippen molar-refractivity contribution in [2.24, 2.45) is 11.8 Å². The minimum absolute atomic E-state index is 0.0334. The molecule has 0 radical (unpaired) electrons. The number of esters is 2. The number of allylic oxidation sites excluding steroid dienone is 2. The Morgan fingerprint density at radius 3 is 2.04 bits per heavy atom. The number of cyclic esters (lactones) is 1. The van der Waals surface area contributed by atoms with Crippen LogP contribution >= 0.6 is 15.6 Å². The Hall–Kier alpha value is -1.93. The molecule has 0 aromatic carbocycles. The summed E-state index contributed by atoms with van der Waals surface area (Å²) in [6.07, 6.45) is 3.77. The van der Waals surface area contributed by atoms with Gasteiger partial charge in [0.05, 0.1) is 36.9 Å². The standard InChI is InChI=1S/C47H84O19P2/c1-3-5-7-8-9-10-11-12-13-14-15-16-17-18-24-28-41(52)64-35-32-62-40(51)27-23-20-19-22-26-36-38(49)31-39(50)37(30-29-34(48)25-21-6-4-2)43(54)46(65-67(57,58)59)47(45(56)44(55)42(36)53)66-68(60,61)63-33-35/h10-11,29-30,34-38,42-49,53-56H,3-9,12-28,31-33H2,1-2H3,(H,60,61)(H2,57,58,59)/b11-10-,30-29+/t34-,35+,36-,37-,38-,42+,43+,44-,45+,46+,47-/m0/s1. The fraction of sp³-hybridized carbons (Fsp3) is 0.851. The van der Waals surface area contributed by atoms with Gasteiger partial charge in [0.2, 0.25) is 0 Å². The number of unbranched alkanes of at least 4 members (excludes halogenated alkanes) is 13. The minimum Gasteiger partial charge on any atom is -0.462 e. The third kappa shape index (κ3) is 26.0. The molecule has 2 rings (SSSR count). The van der Waals surface area contributed by atoms with E-state index < -0.39 is 120 Å². The van der Waals surface area contributed by atoms with Crippen LogP contribution in [0.15, 0.2) is 24.3 Å². The summed E-state index contributed by atoms with van der Waals surface area (Å²) in [6.45, 7) is 2.55. The maximum atomic E-state index is 13.9. The van der Waals surface area contributed by atoms with Crippen LogP contribution in [0.3, 0.4) is 0 Å². The van der Waals surface area contributed by atoms with Gasteiger partial charge >= 0.3 is 27.6 Å². The summed E-state index contributed by atoms with van der Waals surface area (Å²) in [5.41, 5.74) is 0. The number of carbonyl (C=O) groups excluding carboxylic acids is 3. The summed E-state index contributed by atoms with van der Waals surface area (Å²) in [7, 11) is -11.5. The lowest BCUT2D eigenvalue weighted by Crippen LogP contribution is -2.56. The smallest absolute Gasteiger partial charge is 0.462 e. The van der Waals surface area contributed by atoms with E-state index in [0.717, 1.165) is 76.4 Å². The van der Waals surface area contributed by atoms with E-state index in [1.54, 1.807) is 0 Å². The number of rotatable bonds is 24. The Morgan fingerprint density at radius 1 is 0.794 bits per heavy atom. The van der Waals surface area contributed by atoms with Crippen molar-refractivity contribution in [3.05, 3.63) is 24.3 Å². The highest BCUT2D eigenvalue weighted by Gasteiger charge is 2.51. The third-order valence-electron chi connectivity index (χ3n) is 12.4. The minimum atomic E-state index is -5.79. The average molecular weight is 1020 g/mol. The van der Waals surface area contributed by atoms with Crippen molar-refractivity contribution in [2.75, 3.05) is 13.2 Å². The molecule has 1 unspecified atom stereocenters. The average Bonchev–Trinajstić information content (AvgIpc) is 3.28. The van der Waals surface area contributed by atoms with Crippen LogP contribution in [0.5, 0.6) is 0 Å². The molecule has 68 heavy (non-hydrogen) atoms. The van der Waals surface area contributed by atoms with E-state index in [0.29, 0.717) is 32.1 Å². The molecule has 2 bridgehead atoms. The van der Waals surface area contributed by atoms with Gasteiger partial charge in [0.15, 0.2) is 6.10 Å². The molecule has 1 saturated heterocycles. The third-order valence-corrected chi connectivity index (χ3v) is 13.9. The Morgan fingerprint density at radius 2 is 1.40 bits per heavy atom. The summed E-state index contributed by atoms with van der Waals surface area (Å²) in [5, 5.41) is 68.2. The fourth-order valence-corrected chi connectivity index (χ4v) is 9.94. The van der Waals surface area contributed by atoms with Gasteiger partial charge in [-0.3, -0.25) is 28.0 Å². The molecule has 1 aliphatic heterocycles. The zero-order valence-electron chi connectivity index (χ0n) is 40.3. The molecule has 21 heteroatoms. The number of ether oxygens (including phenoxy) is 2. The second-order valence-electron chi connectivity index (χ2n) is 18.3. The zero-order chi connectivity index (χ0) is 50.5. The van der Waals surface area contributed by atoms with E-state index in [1.165, 1.54) is 25.7 Å². The molecule has 0 aromatic rings. The lowest BCUT2D eigenvalue weighted by Gasteiger charge is -2.38. The Labute approximate surface area is 402 Å². The van der Waals surface area contributed by atoms with E-state index >= 15 is 0 Å². The van der Waals surface area contributed by atoms with E-state index in [1.807, 2.05) is 6.92 Å². The van der Waals surface area contributed by atoms with Crippen LogP contribution < -0.4 is 0 Å². The van der Waals surface area contributed by atoms with Crippen LogP contribution in [0.1, 0.15) is 174 Å². The molecule has 1 saturated carbocycles. The van der Waals surface area contributed by atoms with Gasteiger partial charge in [-0.2, -0.15) is 0 Å². The first-order chi connectivity index (χ1) is 32.3. The molecule has 0 amide bonds. The van der Waals surface area contributed by atoms with Gasteiger partial charge in [-0.1, -0.05) is 128 Å². The van der Waals surface area contributed by atoms with Gasteiger partial charge in [-0.15, -0.1) is 0 Å². The van der Waals surface area contributed by atoms with Crippen LogP contribution in [0.4, 0.5) is 0 Å². The van der Waals surface area contributed by atoms with Gasteiger partial charge in [-0.05, 0) is 51.4 Å². The van der Waals surface area contributed by atoms with Crippen LogP contribution in [0, 0.1) is 11.8 Å². The lowest BCUT2D eigenvalue weighted by atomic mass is 9.82. The second-order valence-corrected chi connectivity index (χ2v) is 20.9. The summed E-state index contributed by atoms with van der Waals surface area (Å²) in [4.78, 5) is 70.7. The number of phosphoric acid groups is 2. The maximum Gasteiger partial charge on any atom is 0.472 e. The zero-order valence-corrected chi connectivity index (χ0v) is 42.0. The number of fused-ring (bicyclic) bond motifs is 4. The predicted octanol–water partition coefficient (Wildman–Crippen LogP) is 6.32. The van der Waals surface area contributed by atoms with E-state index in [4.69, 9.17) is 23.0 Å². The normalized spacial score (nSPS) is 30.7. The van der Waals surface area contributed by atoms with E-state index in [9.17, 15) is 68.8 Å². The van der Waals surface area contributed by atoms with Crippen LogP contribution in [-0.2, 0) is 46.6 Å². The van der Waals surface area contributed by atoms with Crippen molar-refractivity contribution >= 4 is 33.4 Å². The molecular formula is C47H84O19P2. The van der Waals surface area contributed by atoms with Gasteiger partial charge in [0, 0.05) is 25.2 Å². The van der Waals surface area contributed by atoms with Gasteiger partial charge < -0.3 is 54.8 Å². The van der Waals surface area contributed by atoms with E-state index in [-0.39, 0.29) is 32.1 Å². The number of ketones is 1. The van der Waals surface area contributed by atoms with Gasteiger partial charge in [-0.25, -0.2) is 9.13 Å². The second kappa shape index (κ2) is 34.4. The van der Waals surface area contributed by atoms with E-state index in [2.05, 4.69) is 19.1 Å². The number of aliphatic hydroxyl groups is 6. The number of Topliss-reactive ketones (excluding diaryl/α,β-unsaturated/α-hetero) is 1. The first-order valence-corrected chi connectivity index (χ1v) is 28.0. The maximum absolute atomic E-state index is 13.9. The van der Waals surface area contributed by atoms with Crippen LogP contribution in [0.25, 0.3) is 0 Å². The predicted molar refractivity (Wildman–Crippen MR) is 251 cm³/mol. The fourth-order valence-electron chi connectivity index (χ4n) is 8.41. The van der Waals surface area contributed by atoms with Crippen LogP contribution in [-0.4, -0.2) is 131 Å². The molecular weight excluding hydrogens is 930 g/mol. The summed E-state index contributed by atoms with van der Waals surface area (Å²) in [6, 6.07) is 0. The highest BCUT2D eigenvalue weighted by atomic mass is 31.2. The van der Waals surface area contributed by atoms with Crippen molar-refractivity contribution in [2.45, 2.75) is 229 Å². The molecule has 1 aliphatic carbocycles. The van der Waals surface area contributed by atoms with Crippen LogP contribution in [0.2, 0.25) is 0 Å². The summed E-state index contributed by atoms with van der Waals surface area (Å²) < 4.78 is 52.2. The Kier molecular flexibility index (Phi) is 31.5. The summed E-state index contributed by atoms with van der Waals surface area (Å²) >= 11 is 0. The van der Waals surface area contributed by atoms with Crippen molar-refractivity contribution < 1.29 is 91.9 Å². The molecule has 19 nitrogen and oxygen atoms in total. The molecule has 2 aliphatic rings. The highest BCUT2D eigenvalue weighted by molar-refractivity contribution is 7.47. The monoisotopic (exact) mass is 1010 g/mol. The first-order valence-electron chi connectivity index (χ1n) is 25.0. The molecule has 0 spiro atoms. The number of carbonyl (C=O) groups is 3. The topological polar surface area (TPSA) is 314 Å². The van der Waals surface area contributed by atoms with Crippen molar-refractivity contribution in [3.63, 3.8) is 0 Å². The molecule has 2 fully saturated rings. The molecule has 12 atom stereocenters. The highest BCUT2D eigenvalue weighted by Crippen LogP contribution is 2.49. The lowest BCUT2D eigenvalue weighted by molar-refractivity contribution is -0.165. The SMILES string of the molecule is CCCCCC/C=C\CCCCCCCCCC(=O)O[C@@H]1COC(=O)CCCCCC[C@@H]2[C@@H](O)[C@H](O)[C@@H](O)[C@H](OP(=O)(O)OC1)[C@H](OP(=O)(O)O)[C@H](O)[C@@H](/C=C/[C@@H](O)CCCCC)C(=O)C[C@@H]2O. The molecule has 0 aromatic heterocycles. The first kappa shape index (κ1) is 62.2. The number of hydrogen-bond acceptors (Lipinski definition) is 16.